The minimum Gasteiger partial charge on any atom is -0.442 e. The van der Waals surface area contributed by atoms with Crippen LogP contribution in [0.25, 0.3) is 0 Å². The van der Waals surface area contributed by atoms with Crippen LogP contribution < -0.4 is 9.80 Å². The summed E-state index contributed by atoms with van der Waals surface area (Å²) in [6.07, 6.45) is 0.103. The summed E-state index contributed by atoms with van der Waals surface area (Å²) in [5.41, 5.74) is 0.546. The molecule has 10 heteroatoms. The zero-order valence-electron chi connectivity index (χ0n) is 19.5. The van der Waals surface area contributed by atoms with E-state index in [0.29, 0.717) is 36.1 Å². The highest BCUT2D eigenvalue weighted by Gasteiger charge is 2.41. The van der Waals surface area contributed by atoms with Crippen molar-refractivity contribution in [1.29, 1.82) is 0 Å². The molecule has 4 aliphatic rings. The molecular weight excluding hydrogens is 472 g/mol. The summed E-state index contributed by atoms with van der Waals surface area (Å²) in [4.78, 5) is 41.7. The molecule has 3 saturated heterocycles. The Morgan fingerprint density at radius 1 is 0.889 bits per heavy atom. The number of fused-ring (bicyclic) bond motifs is 1. The first kappa shape index (κ1) is 22.9. The van der Waals surface area contributed by atoms with Crippen LogP contribution in [0.2, 0.25) is 0 Å². The Morgan fingerprint density at radius 2 is 1.50 bits per heavy atom. The summed E-state index contributed by atoms with van der Waals surface area (Å²) in [6.45, 7) is 2.47. The summed E-state index contributed by atoms with van der Waals surface area (Å²) in [6, 6.07) is 8.75. The van der Waals surface area contributed by atoms with Gasteiger partial charge in [0.05, 0.1) is 43.1 Å². The molecule has 0 aliphatic carbocycles. The van der Waals surface area contributed by atoms with E-state index in [1.807, 2.05) is 0 Å². The highest BCUT2D eigenvalue weighted by atomic mass is 19.1. The minimum atomic E-state index is -0.819. The van der Waals surface area contributed by atoms with Crippen LogP contribution in [-0.2, 0) is 9.47 Å². The first-order valence-electron chi connectivity index (χ1n) is 12.2. The number of cyclic esters (lactones) is 1. The summed E-state index contributed by atoms with van der Waals surface area (Å²) in [5, 5.41) is 0. The van der Waals surface area contributed by atoms with E-state index >= 15 is 8.78 Å². The highest BCUT2D eigenvalue weighted by Crippen LogP contribution is 2.36. The predicted molar refractivity (Wildman–Crippen MR) is 125 cm³/mol. The molecule has 0 spiro atoms. The van der Waals surface area contributed by atoms with Gasteiger partial charge in [0.15, 0.2) is 11.6 Å². The normalized spacial score (nSPS) is 22.8. The lowest BCUT2D eigenvalue weighted by atomic mass is 9.83. The SMILES string of the molecule is O=C1c2ccccc2C(=O)N1CC1CN(c2cc(F)c(N3CCC(C4COC4)CC3)c(F)c2)C(=O)O1. The lowest BCUT2D eigenvalue weighted by Crippen LogP contribution is -2.42. The number of carbonyl (C=O) groups excluding carboxylic acids is 3. The summed E-state index contributed by atoms with van der Waals surface area (Å²) in [7, 11) is 0. The standard InChI is InChI=1S/C26H25F2N3O5/c27-21-9-17(10-22(28)23(21)29-7-5-15(6-8-29)16-13-35-14-16)30-11-18(36-26(30)34)12-31-24(32)19-3-1-2-4-20(19)25(31)33/h1-4,9-10,15-16,18H,5-8,11-14H2. The molecule has 2 aromatic rings. The van der Waals surface area contributed by atoms with Gasteiger partial charge in [0.1, 0.15) is 11.8 Å². The number of imide groups is 1. The number of piperidine rings is 1. The number of carbonyl (C=O) groups is 3. The topological polar surface area (TPSA) is 79.4 Å². The van der Waals surface area contributed by atoms with Crippen LogP contribution in [0.3, 0.4) is 0 Å². The van der Waals surface area contributed by atoms with Gasteiger partial charge in [-0.2, -0.15) is 0 Å². The fraction of sp³-hybridized carbons (Fsp3) is 0.423. The van der Waals surface area contributed by atoms with Crippen LogP contribution in [0.5, 0.6) is 0 Å². The van der Waals surface area contributed by atoms with Crippen LogP contribution >= 0.6 is 0 Å². The molecule has 4 aliphatic heterocycles. The Morgan fingerprint density at radius 3 is 2.06 bits per heavy atom. The molecule has 1 unspecified atom stereocenters. The van der Waals surface area contributed by atoms with Crippen molar-refractivity contribution in [3.05, 3.63) is 59.2 Å². The lowest BCUT2D eigenvalue weighted by molar-refractivity contribution is -0.0651. The molecule has 6 rings (SSSR count). The maximum Gasteiger partial charge on any atom is 0.414 e. The maximum atomic E-state index is 15.1. The van der Waals surface area contributed by atoms with Crippen molar-refractivity contribution < 1.29 is 32.6 Å². The predicted octanol–water partition coefficient (Wildman–Crippen LogP) is 3.45. The van der Waals surface area contributed by atoms with E-state index in [-0.39, 0.29) is 24.5 Å². The number of ether oxygens (including phenoxy) is 2. The molecular formula is C26H25F2N3O5. The van der Waals surface area contributed by atoms with Crippen molar-refractivity contribution >= 4 is 29.3 Å². The molecule has 0 bridgehead atoms. The molecule has 0 saturated carbocycles. The van der Waals surface area contributed by atoms with E-state index in [0.717, 1.165) is 48.0 Å². The molecule has 3 fully saturated rings. The molecule has 0 aromatic heterocycles. The quantitative estimate of drug-likeness (QED) is 0.589. The van der Waals surface area contributed by atoms with Gasteiger partial charge in [-0.15, -0.1) is 0 Å². The molecule has 188 valence electrons. The molecule has 0 N–H and O–H groups in total. The van der Waals surface area contributed by atoms with Gasteiger partial charge in [0, 0.05) is 31.1 Å². The zero-order chi connectivity index (χ0) is 25.0. The number of nitrogens with zero attached hydrogens (tertiary/aromatic N) is 3. The van der Waals surface area contributed by atoms with Gasteiger partial charge in [-0.1, -0.05) is 12.1 Å². The third-order valence-electron chi connectivity index (χ3n) is 7.64. The van der Waals surface area contributed by atoms with E-state index in [4.69, 9.17) is 9.47 Å². The van der Waals surface area contributed by atoms with Gasteiger partial charge >= 0.3 is 6.09 Å². The van der Waals surface area contributed by atoms with Crippen LogP contribution in [0.15, 0.2) is 36.4 Å². The molecule has 3 amide bonds. The van der Waals surface area contributed by atoms with E-state index in [2.05, 4.69) is 0 Å². The van der Waals surface area contributed by atoms with Gasteiger partial charge in [-0.25, -0.2) is 13.6 Å². The third-order valence-corrected chi connectivity index (χ3v) is 7.64. The third kappa shape index (κ3) is 3.80. The Bertz CT molecular complexity index is 1180. The molecule has 0 radical (unpaired) electrons. The number of benzene rings is 2. The van der Waals surface area contributed by atoms with Crippen molar-refractivity contribution in [2.75, 3.05) is 49.2 Å². The number of halogens is 2. The number of hydrogen-bond donors (Lipinski definition) is 0. The van der Waals surface area contributed by atoms with Gasteiger partial charge in [0.2, 0.25) is 0 Å². The maximum absolute atomic E-state index is 15.1. The van der Waals surface area contributed by atoms with Gasteiger partial charge in [-0.05, 0) is 30.9 Å². The second-order valence-electron chi connectivity index (χ2n) is 9.76. The van der Waals surface area contributed by atoms with Crippen molar-refractivity contribution in [2.45, 2.75) is 18.9 Å². The summed E-state index contributed by atoms with van der Waals surface area (Å²) >= 11 is 0. The van der Waals surface area contributed by atoms with Crippen LogP contribution in [0, 0.1) is 23.5 Å². The fourth-order valence-electron chi connectivity index (χ4n) is 5.57. The molecule has 1 atom stereocenters. The smallest absolute Gasteiger partial charge is 0.414 e. The Kier molecular flexibility index (Phi) is 5.63. The summed E-state index contributed by atoms with van der Waals surface area (Å²) < 4.78 is 40.8. The first-order valence-corrected chi connectivity index (χ1v) is 12.2. The average Bonchev–Trinajstić information content (AvgIpc) is 3.31. The second kappa shape index (κ2) is 8.85. The summed E-state index contributed by atoms with van der Waals surface area (Å²) in [5.74, 6) is -1.35. The highest BCUT2D eigenvalue weighted by molar-refractivity contribution is 6.21. The van der Waals surface area contributed by atoms with Crippen LogP contribution in [0.4, 0.5) is 25.0 Å². The molecule has 8 nitrogen and oxygen atoms in total. The molecule has 36 heavy (non-hydrogen) atoms. The van der Waals surface area contributed by atoms with Gasteiger partial charge < -0.3 is 14.4 Å². The van der Waals surface area contributed by atoms with Crippen molar-refractivity contribution in [1.82, 2.24) is 4.90 Å². The Labute approximate surface area is 206 Å². The number of anilines is 2. The monoisotopic (exact) mass is 497 g/mol. The molecule has 4 heterocycles. The van der Waals surface area contributed by atoms with E-state index in [1.165, 1.54) is 0 Å². The number of rotatable bonds is 5. The number of hydrogen-bond acceptors (Lipinski definition) is 6. The number of amides is 3. The largest absolute Gasteiger partial charge is 0.442 e. The van der Waals surface area contributed by atoms with E-state index < -0.39 is 35.6 Å². The minimum absolute atomic E-state index is 0.0325. The molecule has 2 aromatic carbocycles. The lowest BCUT2D eigenvalue weighted by Gasteiger charge is -2.40. The van der Waals surface area contributed by atoms with Crippen molar-refractivity contribution in [3.8, 4) is 0 Å². The van der Waals surface area contributed by atoms with Crippen molar-refractivity contribution in [3.63, 3.8) is 0 Å². The second-order valence-corrected chi connectivity index (χ2v) is 9.76. The first-order chi connectivity index (χ1) is 17.4. The van der Waals surface area contributed by atoms with Gasteiger partial charge in [-0.3, -0.25) is 19.4 Å². The fourth-order valence-corrected chi connectivity index (χ4v) is 5.57. The average molecular weight is 497 g/mol. The Hall–Kier alpha value is -3.53. The van der Waals surface area contributed by atoms with Gasteiger partial charge in [0.25, 0.3) is 11.8 Å². The van der Waals surface area contributed by atoms with Crippen LogP contribution in [0.1, 0.15) is 33.6 Å². The Balaban J connectivity index is 1.14. The zero-order valence-corrected chi connectivity index (χ0v) is 19.5. The van der Waals surface area contributed by atoms with Crippen molar-refractivity contribution in [2.24, 2.45) is 11.8 Å². The van der Waals surface area contributed by atoms with E-state index in [9.17, 15) is 14.4 Å². The van der Waals surface area contributed by atoms with Crippen LogP contribution in [-0.4, -0.2) is 68.3 Å². The van der Waals surface area contributed by atoms with E-state index in [1.54, 1.807) is 29.2 Å².